The first-order valence-corrected chi connectivity index (χ1v) is 6.64. The molecule has 1 aromatic heterocycles. The molecule has 6 heteroatoms. The number of aromatic nitrogens is 2. The van der Waals surface area contributed by atoms with Crippen LogP contribution < -0.4 is 5.32 Å². The minimum atomic E-state index is -0.507. The number of aryl methyl sites for hydroxylation is 1. The van der Waals surface area contributed by atoms with Gasteiger partial charge in [-0.15, -0.1) is 0 Å². The molecular weight excluding hydrogens is 246 g/mol. The van der Waals surface area contributed by atoms with Crippen molar-refractivity contribution in [3.8, 4) is 0 Å². The second-order valence-electron chi connectivity index (χ2n) is 4.73. The molecule has 1 rings (SSSR count). The van der Waals surface area contributed by atoms with E-state index in [1.54, 1.807) is 10.9 Å². The summed E-state index contributed by atoms with van der Waals surface area (Å²) in [6, 6.07) is 1.94. The van der Waals surface area contributed by atoms with Gasteiger partial charge in [0.2, 0.25) is 0 Å². The third kappa shape index (κ3) is 7.27. The highest BCUT2D eigenvalue weighted by Gasteiger charge is 2.05. The van der Waals surface area contributed by atoms with Crippen molar-refractivity contribution >= 4 is 0 Å². The molecule has 2 N–H and O–H groups in total. The van der Waals surface area contributed by atoms with Crippen LogP contribution in [0.25, 0.3) is 0 Å². The van der Waals surface area contributed by atoms with Crippen LogP contribution in [-0.2, 0) is 23.1 Å². The van der Waals surface area contributed by atoms with E-state index in [0.717, 1.165) is 5.69 Å². The molecule has 0 aliphatic heterocycles. The maximum atomic E-state index is 9.70. The average molecular weight is 271 g/mol. The standard InChI is InChI=1S/C13H25N3O3/c1-11(2)19-7-6-18-10-13(17)9-14-8-12-4-5-15-16(12)3/h4-5,11,13-14,17H,6-10H2,1-3H3. The monoisotopic (exact) mass is 271 g/mol. The summed E-state index contributed by atoms with van der Waals surface area (Å²) in [4.78, 5) is 0. The predicted octanol–water partition coefficient (Wildman–Crippen LogP) is 0.312. The molecule has 1 atom stereocenters. The smallest absolute Gasteiger partial charge is 0.0897 e. The Morgan fingerprint density at radius 1 is 1.42 bits per heavy atom. The summed E-state index contributed by atoms with van der Waals surface area (Å²) in [5.41, 5.74) is 1.08. The number of hydrogen-bond acceptors (Lipinski definition) is 5. The van der Waals surface area contributed by atoms with Crippen molar-refractivity contribution in [1.29, 1.82) is 0 Å². The first-order chi connectivity index (χ1) is 9.09. The van der Waals surface area contributed by atoms with Gasteiger partial charge in [0, 0.05) is 26.3 Å². The molecule has 1 aromatic rings. The molecule has 1 unspecified atom stereocenters. The van der Waals surface area contributed by atoms with Crippen LogP contribution in [0.15, 0.2) is 12.3 Å². The molecule has 0 aromatic carbocycles. The number of aliphatic hydroxyl groups excluding tert-OH is 1. The molecule has 1 heterocycles. The zero-order valence-electron chi connectivity index (χ0n) is 12.0. The highest BCUT2D eigenvalue weighted by atomic mass is 16.5. The van der Waals surface area contributed by atoms with Crippen LogP contribution in [0.3, 0.4) is 0 Å². The van der Waals surface area contributed by atoms with E-state index >= 15 is 0 Å². The van der Waals surface area contributed by atoms with E-state index in [2.05, 4.69) is 10.4 Å². The fourth-order valence-electron chi connectivity index (χ4n) is 1.56. The topological polar surface area (TPSA) is 68.5 Å². The second-order valence-corrected chi connectivity index (χ2v) is 4.73. The highest BCUT2D eigenvalue weighted by molar-refractivity contribution is 4.99. The van der Waals surface area contributed by atoms with E-state index in [0.29, 0.717) is 32.9 Å². The van der Waals surface area contributed by atoms with Crippen LogP contribution in [-0.4, -0.2) is 53.5 Å². The highest BCUT2D eigenvalue weighted by Crippen LogP contribution is 1.95. The largest absolute Gasteiger partial charge is 0.389 e. The minimum Gasteiger partial charge on any atom is -0.389 e. The van der Waals surface area contributed by atoms with E-state index in [4.69, 9.17) is 9.47 Å². The van der Waals surface area contributed by atoms with E-state index < -0.39 is 6.10 Å². The molecule has 0 aliphatic carbocycles. The Morgan fingerprint density at radius 2 is 2.21 bits per heavy atom. The van der Waals surface area contributed by atoms with E-state index in [9.17, 15) is 5.11 Å². The van der Waals surface area contributed by atoms with Crippen molar-refractivity contribution in [1.82, 2.24) is 15.1 Å². The minimum absolute atomic E-state index is 0.217. The molecule has 110 valence electrons. The van der Waals surface area contributed by atoms with Gasteiger partial charge in [-0.3, -0.25) is 4.68 Å². The fourth-order valence-corrected chi connectivity index (χ4v) is 1.56. The lowest BCUT2D eigenvalue weighted by Crippen LogP contribution is -2.31. The van der Waals surface area contributed by atoms with Gasteiger partial charge in [-0.2, -0.15) is 5.10 Å². The average Bonchev–Trinajstić information content (AvgIpc) is 2.74. The number of hydrogen-bond donors (Lipinski definition) is 2. The number of nitrogens with zero attached hydrogens (tertiary/aromatic N) is 2. The lowest BCUT2D eigenvalue weighted by atomic mass is 10.3. The maximum Gasteiger partial charge on any atom is 0.0897 e. The molecule has 0 saturated carbocycles. The van der Waals surface area contributed by atoms with Crippen LogP contribution >= 0.6 is 0 Å². The van der Waals surface area contributed by atoms with Crippen LogP contribution in [0, 0.1) is 0 Å². The second kappa shape index (κ2) is 9.03. The molecule has 0 spiro atoms. The summed E-state index contributed by atoms with van der Waals surface area (Å²) in [5, 5.41) is 16.9. The molecule has 0 fully saturated rings. The summed E-state index contributed by atoms with van der Waals surface area (Å²) in [7, 11) is 1.89. The quantitative estimate of drug-likeness (QED) is 0.600. The normalized spacial score (nSPS) is 13.1. The molecule has 0 amide bonds. The predicted molar refractivity (Wildman–Crippen MR) is 72.8 cm³/mol. The first kappa shape index (κ1) is 16.1. The van der Waals surface area contributed by atoms with Crippen LogP contribution in [0.4, 0.5) is 0 Å². The zero-order chi connectivity index (χ0) is 14.1. The van der Waals surface area contributed by atoms with Crippen molar-refractivity contribution in [2.45, 2.75) is 32.6 Å². The third-order valence-corrected chi connectivity index (χ3v) is 2.60. The van der Waals surface area contributed by atoms with E-state index in [1.165, 1.54) is 0 Å². The molecule has 0 aliphatic rings. The third-order valence-electron chi connectivity index (χ3n) is 2.60. The van der Waals surface area contributed by atoms with Crippen LogP contribution in [0.1, 0.15) is 19.5 Å². The lowest BCUT2D eigenvalue weighted by Gasteiger charge is -2.13. The Labute approximate surface area is 114 Å². The van der Waals surface area contributed by atoms with Gasteiger partial charge in [-0.05, 0) is 19.9 Å². The van der Waals surface area contributed by atoms with Crippen molar-refractivity contribution in [3.63, 3.8) is 0 Å². The van der Waals surface area contributed by atoms with Gasteiger partial charge in [0.15, 0.2) is 0 Å². The number of rotatable bonds is 10. The Balaban J connectivity index is 1.99. The van der Waals surface area contributed by atoms with Gasteiger partial charge >= 0.3 is 0 Å². The number of aliphatic hydroxyl groups is 1. The Morgan fingerprint density at radius 3 is 2.84 bits per heavy atom. The Hall–Kier alpha value is -0.950. The summed E-state index contributed by atoms with van der Waals surface area (Å²) in [6.45, 7) is 6.54. The molecule has 6 nitrogen and oxygen atoms in total. The fraction of sp³-hybridized carbons (Fsp3) is 0.769. The van der Waals surface area contributed by atoms with Gasteiger partial charge in [0.1, 0.15) is 0 Å². The van der Waals surface area contributed by atoms with E-state index in [1.807, 2.05) is 27.0 Å². The van der Waals surface area contributed by atoms with Crippen molar-refractivity contribution in [2.75, 3.05) is 26.4 Å². The van der Waals surface area contributed by atoms with E-state index in [-0.39, 0.29) is 6.10 Å². The number of ether oxygens (including phenoxy) is 2. The summed E-state index contributed by atoms with van der Waals surface area (Å²) >= 11 is 0. The van der Waals surface area contributed by atoms with Gasteiger partial charge in [-0.1, -0.05) is 0 Å². The van der Waals surface area contributed by atoms with Crippen LogP contribution in [0.2, 0.25) is 0 Å². The summed E-state index contributed by atoms with van der Waals surface area (Å²) < 4.78 is 12.5. The molecule has 19 heavy (non-hydrogen) atoms. The van der Waals surface area contributed by atoms with Crippen molar-refractivity contribution < 1.29 is 14.6 Å². The lowest BCUT2D eigenvalue weighted by molar-refractivity contribution is -0.0100. The molecular formula is C13H25N3O3. The summed E-state index contributed by atoms with van der Waals surface area (Å²) in [6.07, 6.45) is 1.46. The Bertz CT molecular complexity index is 342. The van der Waals surface area contributed by atoms with Gasteiger partial charge in [0.25, 0.3) is 0 Å². The van der Waals surface area contributed by atoms with Gasteiger partial charge in [-0.25, -0.2) is 0 Å². The van der Waals surface area contributed by atoms with Crippen LogP contribution in [0.5, 0.6) is 0 Å². The molecule has 0 radical (unpaired) electrons. The SMILES string of the molecule is CC(C)OCCOCC(O)CNCc1ccnn1C. The maximum absolute atomic E-state index is 9.70. The van der Waals surface area contributed by atoms with Gasteiger partial charge < -0.3 is 19.9 Å². The van der Waals surface area contributed by atoms with Crippen molar-refractivity contribution in [2.24, 2.45) is 7.05 Å². The zero-order valence-corrected chi connectivity index (χ0v) is 12.0. The molecule has 0 saturated heterocycles. The summed E-state index contributed by atoms with van der Waals surface area (Å²) in [5.74, 6) is 0. The first-order valence-electron chi connectivity index (χ1n) is 6.64. The Kier molecular flexibility index (Phi) is 7.66. The molecule has 0 bridgehead atoms. The van der Waals surface area contributed by atoms with Crippen molar-refractivity contribution in [3.05, 3.63) is 18.0 Å². The van der Waals surface area contributed by atoms with Gasteiger partial charge in [0.05, 0.1) is 37.7 Å². The number of nitrogens with one attached hydrogen (secondary N) is 1.